The molecule has 3 rings (SSSR count). The van der Waals surface area contributed by atoms with E-state index in [2.05, 4.69) is 11.2 Å². The number of benzene rings is 1. The topological polar surface area (TPSA) is 34.8 Å². The molecule has 1 aliphatic rings. The molecule has 0 N–H and O–H groups in total. The molecule has 0 aliphatic carbocycles. The Bertz CT molecular complexity index is 502. The SMILES string of the molecule is [c]1cc2cc(OCCN3CCOCC3)ccc2o1. The molecule has 1 aliphatic heterocycles. The summed E-state index contributed by atoms with van der Waals surface area (Å²) in [5, 5.41) is 1.03. The fraction of sp³-hybridized carbons (Fsp3) is 0.429. The van der Waals surface area contributed by atoms with Gasteiger partial charge in [-0.2, -0.15) is 0 Å². The van der Waals surface area contributed by atoms with Crippen molar-refractivity contribution < 1.29 is 13.9 Å². The molecule has 0 amide bonds. The van der Waals surface area contributed by atoms with Crippen LogP contribution in [0.2, 0.25) is 0 Å². The summed E-state index contributed by atoms with van der Waals surface area (Å²) < 4.78 is 16.2. The van der Waals surface area contributed by atoms with Gasteiger partial charge in [-0.1, -0.05) is 0 Å². The Morgan fingerprint density at radius 3 is 3.06 bits per heavy atom. The Labute approximate surface area is 106 Å². The summed E-state index contributed by atoms with van der Waals surface area (Å²) in [4.78, 5) is 2.35. The summed E-state index contributed by atoms with van der Waals surface area (Å²) in [6.07, 6.45) is 2.72. The molecule has 4 nitrogen and oxygen atoms in total. The lowest BCUT2D eigenvalue weighted by molar-refractivity contribution is 0.0322. The summed E-state index contributed by atoms with van der Waals surface area (Å²) in [7, 11) is 0. The number of ether oxygens (including phenoxy) is 2. The van der Waals surface area contributed by atoms with E-state index >= 15 is 0 Å². The first-order valence-electron chi connectivity index (χ1n) is 6.24. The molecule has 0 saturated carbocycles. The minimum Gasteiger partial charge on any atom is -0.492 e. The zero-order valence-electron chi connectivity index (χ0n) is 10.2. The smallest absolute Gasteiger partial charge is 0.170 e. The maximum atomic E-state index is 5.75. The van der Waals surface area contributed by atoms with Gasteiger partial charge in [0, 0.05) is 25.0 Å². The van der Waals surface area contributed by atoms with Gasteiger partial charge in [0.05, 0.1) is 13.2 Å². The first-order chi connectivity index (χ1) is 8.92. The summed E-state index contributed by atoms with van der Waals surface area (Å²) in [5.41, 5.74) is 0.843. The number of morpholine rings is 1. The van der Waals surface area contributed by atoms with Crippen LogP contribution in [-0.2, 0) is 4.74 Å². The second kappa shape index (κ2) is 5.42. The lowest BCUT2D eigenvalue weighted by Gasteiger charge is -2.26. The van der Waals surface area contributed by atoms with E-state index in [9.17, 15) is 0 Å². The van der Waals surface area contributed by atoms with Gasteiger partial charge in [0.2, 0.25) is 0 Å². The number of furan rings is 1. The van der Waals surface area contributed by atoms with Crippen LogP contribution in [-0.4, -0.2) is 44.4 Å². The molecule has 0 unspecified atom stereocenters. The monoisotopic (exact) mass is 246 g/mol. The van der Waals surface area contributed by atoms with Crippen molar-refractivity contribution in [2.45, 2.75) is 0 Å². The standard InChI is InChI=1S/C14H16NO3/c1-2-14-12(3-7-18-14)11-13(1)17-10-6-15-4-8-16-9-5-15/h1-3,11H,4-6,8-10H2. The van der Waals surface area contributed by atoms with Gasteiger partial charge in [-0.05, 0) is 24.3 Å². The highest BCUT2D eigenvalue weighted by Gasteiger charge is 2.09. The molecule has 1 fully saturated rings. The van der Waals surface area contributed by atoms with Crippen molar-refractivity contribution in [1.82, 2.24) is 4.90 Å². The van der Waals surface area contributed by atoms with Crippen molar-refractivity contribution in [3.05, 3.63) is 30.5 Å². The molecule has 1 radical (unpaired) electrons. The molecule has 4 heteroatoms. The number of hydrogen-bond acceptors (Lipinski definition) is 4. The number of rotatable bonds is 4. The van der Waals surface area contributed by atoms with Gasteiger partial charge in [0.15, 0.2) is 6.26 Å². The van der Waals surface area contributed by atoms with Crippen molar-refractivity contribution in [2.24, 2.45) is 0 Å². The van der Waals surface area contributed by atoms with E-state index < -0.39 is 0 Å². The predicted octanol–water partition coefficient (Wildman–Crippen LogP) is 1.94. The highest BCUT2D eigenvalue weighted by atomic mass is 16.5. The molecule has 1 aromatic heterocycles. The number of hydrogen-bond donors (Lipinski definition) is 0. The van der Waals surface area contributed by atoms with E-state index in [1.807, 2.05) is 24.3 Å². The second-order valence-electron chi connectivity index (χ2n) is 4.37. The van der Waals surface area contributed by atoms with Crippen molar-refractivity contribution >= 4 is 11.0 Å². The first kappa shape index (κ1) is 11.6. The fourth-order valence-corrected chi connectivity index (χ4v) is 2.10. The maximum Gasteiger partial charge on any atom is 0.170 e. The van der Waals surface area contributed by atoms with Crippen molar-refractivity contribution in [1.29, 1.82) is 0 Å². The maximum absolute atomic E-state index is 5.75. The molecule has 0 spiro atoms. The van der Waals surface area contributed by atoms with Gasteiger partial charge in [0.1, 0.15) is 17.9 Å². The fourth-order valence-electron chi connectivity index (χ4n) is 2.10. The van der Waals surface area contributed by atoms with Crippen LogP contribution >= 0.6 is 0 Å². The van der Waals surface area contributed by atoms with Crippen molar-refractivity contribution in [2.75, 3.05) is 39.5 Å². The summed E-state index contributed by atoms with van der Waals surface area (Å²) in [5.74, 6) is 0.880. The van der Waals surface area contributed by atoms with E-state index in [-0.39, 0.29) is 0 Å². The molecule has 2 aromatic rings. The van der Waals surface area contributed by atoms with E-state index in [1.54, 1.807) is 0 Å². The van der Waals surface area contributed by atoms with E-state index in [0.29, 0.717) is 6.61 Å². The van der Waals surface area contributed by atoms with Crippen LogP contribution < -0.4 is 4.74 Å². The van der Waals surface area contributed by atoms with E-state index in [0.717, 1.165) is 49.6 Å². The van der Waals surface area contributed by atoms with Crippen LogP contribution in [0.3, 0.4) is 0 Å². The molecule has 95 valence electrons. The third-order valence-electron chi connectivity index (χ3n) is 3.14. The minimum absolute atomic E-state index is 0.701. The largest absolute Gasteiger partial charge is 0.492 e. The summed E-state index contributed by atoms with van der Waals surface area (Å²) >= 11 is 0. The van der Waals surface area contributed by atoms with Gasteiger partial charge in [-0.3, -0.25) is 4.90 Å². The van der Waals surface area contributed by atoms with Crippen LogP contribution in [0.25, 0.3) is 11.0 Å². The van der Waals surface area contributed by atoms with Crippen molar-refractivity contribution in [3.63, 3.8) is 0 Å². The lowest BCUT2D eigenvalue weighted by atomic mass is 10.2. The molecule has 1 saturated heterocycles. The Hall–Kier alpha value is -1.52. The number of fused-ring (bicyclic) bond motifs is 1. The van der Waals surface area contributed by atoms with Crippen molar-refractivity contribution in [3.8, 4) is 5.75 Å². The molecule has 18 heavy (non-hydrogen) atoms. The zero-order chi connectivity index (χ0) is 12.2. The van der Waals surface area contributed by atoms with Crippen LogP contribution in [0.1, 0.15) is 0 Å². The second-order valence-corrected chi connectivity index (χ2v) is 4.37. The van der Waals surface area contributed by atoms with Crippen LogP contribution in [0.15, 0.2) is 28.7 Å². The van der Waals surface area contributed by atoms with Gasteiger partial charge < -0.3 is 13.9 Å². The molecule has 0 atom stereocenters. The summed E-state index contributed by atoms with van der Waals surface area (Å²) in [6.45, 7) is 5.30. The van der Waals surface area contributed by atoms with Gasteiger partial charge >= 0.3 is 0 Å². The quantitative estimate of drug-likeness (QED) is 0.826. The first-order valence-corrected chi connectivity index (χ1v) is 6.24. The molecule has 0 bridgehead atoms. The van der Waals surface area contributed by atoms with E-state index in [4.69, 9.17) is 13.9 Å². The Balaban J connectivity index is 1.52. The van der Waals surface area contributed by atoms with Gasteiger partial charge in [-0.15, -0.1) is 0 Å². The lowest BCUT2D eigenvalue weighted by Crippen LogP contribution is -2.38. The third-order valence-corrected chi connectivity index (χ3v) is 3.14. The summed E-state index contributed by atoms with van der Waals surface area (Å²) in [6, 6.07) is 7.65. The highest BCUT2D eigenvalue weighted by Crippen LogP contribution is 2.21. The molecular weight excluding hydrogens is 230 g/mol. The van der Waals surface area contributed by atoms with Crippen LogP contribution in [0.4, 0.5) is 0 Å². The van der Waals surface area contributed by atoms with Gasteiger partial charge in [-0.25, -0.2) is 0 Å². The Morgan fingerprint density at radius 2 is 2.17 bits per heavy atom. The number of nitrogens with zero attached hydrogens (tertiary/aromatic N) is 1. The highest BCUT2D eigenvalue weighted by molar-refractivity contribution is 5.78. The zero-order valence-corrected chi connectivity index (χ0v) is 10.2. The predicted molar refractivity (Wildman–Crippen MR) is 67.8 cm³/mol. The van der Waals surface area contributed by atoms with Crippen LogP contribution in [0.5, 0.6) is 5.75 Å². The normalized spacial score (nSPS) is 17.1. The van der Waals surface area contributed by atoms with Gasteiger partial charge in [0.25, 0.3) is 0 Å². The average Bonchev–Trinajstić information content (AvgIpc) is 2.87. The molecule has 2 heterocycles. The average molecular weight is 246 g/mol. The Morgan fingerprint density at radius 1 is 1.28 bits per heavy atom. The third kappa shape index (κ3) is 2.66. The minimum atomic E-state index is 0.701. The van der Waals surface area contributed by atoms with E-state index in [1.165, 1.54) is 0 Å². The van der Waals surface area contributed by atoms with Crippen LogP contribution in [0, 0.1) is 6.26 Å². The Kier molecular flexibility index (Phi) is 3.48. The molecular formula is C14H16NO3. The molecule has 1 aromatic carbocycles.